The van der Waals surface area contributed by atoms with Crippen LogP contribution in [-0.2, 0) is 19.5 Å². The van der Waals surface area contributed by atoms with Gasteiger partial charge in [0.1, 0.15) is 5.82 Å². The Labute approximate surface area is 162 Å². The maximum atomic E-state index is 12.7. The SMILES string of the molecule is Cc1cccc2c(CN3CCc4nc(-c5ccncc5)[nH]c(=O)c4C3)c[nH]c12. The highest BCUT2D eigenvalue weighted by Crippen LogP contribution is 2.25. The summed E-state index contributed by atoms with van der Waals surface area (Å²) in [4.78, 5) is 30.1. The average Bonchev–Trinajstić information content (AvgIpc) is 3.13. The summed E-state index contributed by atoms with van der Waals surface area (Å²) in [6, 6.07) is 10.1. The van der Waals surface area contributed by atoms with Gasteiger partial charge in [-0.1, -0.05) is 18.2 Å². The van der Waals surface area contributed by atoms with Gasteiger partial charge in [-0.05, 0) is 30.2 Å². The smallest absolute Gasteiger partial charge is 0.255 e. The summed E-state index contributed by atoms with van der Waals surface area (Å²) in [5.74, 6) is 0.617. The van der Waals surface area contributed by atoms with E-state index in [4.69, 9.17) is 4.98 Å². The highest BCUT2D eigenvalue weighted by molar-refractivity contribution is 5.85. The first-order chi connectivity index (χ1) is 13.7. The number of aromatic nitrogens is 4. The van der Waals surface area contributed by atoms with Crippen molar-refractivity contribution in [1.29, 1.82) is 0 Å². The van der Waals surface area contributed by atoms with Crippen molar-refractivity contribution >= 4 is 10.9 Å². The van der Waals surface area contributed by atoms with E-state index in [2.05, 4.69) is 51.2 Å². The largest absolute Gasteiger partial charge is 0.361 e. The van der Waals surface area contributed by atoms with E-state index in [1.807, 2.05) is 12.1 Å². The minimum absolute atomic E-state index is 0.0451. The lowest BCUT2D eigenvalue weighted by Crippen LogP contribution is -2.35. The van der Waals surface area contributed by atoms with Crippen LogP contribution >= 0.6 is 0 Å². The van der Waals surface area contributed by atoms with Crippen molar-refractivity contribution in [3.8, 4) is 11.4 Å². The Kier molecular flexibility index (Phi) is 4.06. The molecule has 140 valence electrons. The Morgan fingerprint density at radius 2 is 2.04 bits per heavy atom. The third-order valence-electron chi connectivity index (χ3n) is 5.50. The topological polar surface area (TPSA) is 77.7 Å². The maximum absolute atomic E-state index is 12.7. The van der Waals surface area contributed by atoms with Crippen LogP contribution in [0.3, 0.4) is 0 Å². The molecule has 0 aliphatic carbocycles. The van der Waals surface area contributed by atoms with E-state index in [1.165, 1.54) is 22.0 Å². The zero-order valence-electron chi connectivity index (χ0n) is 15.7. The van der Waals surface area contributed by atoms with Gasteiger partial charge in [0.25, 0.3) is 5.56 Å². The summed E-state index contributed by atoms with van der Waals surface area (Å²) in [7, 11) is 0. The van der Waals surface area contributed by atoms with E-state index < -0.39 is 0 Å². The number of H-pyrrole nitrogens is 2. The van der Waals surface area contributed by atoms with Crippen LogP contribution in [0.5, 0.6) is 0 Å². The van der Waals surface area contributed by atoms with Crippen molar-refractivity contribution in [2.75, 3.05) is 6.54 Å². The van der Waals surface area contributed by atoms with Crippen LogP contribution in [0.25, 0.3) is 22.3 Å². The number of para-hydroxylation sites is 1. The number of aromatic amines is 2. The van der Waals surface area contributed by atoms with Gasteiger partial charge in [0, 0.05) is 61.1 Å². The standard InChI is InChI=1S/C22H21N5O/c1-14-3-2-4-17-16(11-24-20(14)17)12-27-10-7-19-18(13-27)22(28)26-21(25-19)15-5-8-23-9-6-15/h2-6,8-9,11,24H,7,10,12-13H2,1H3,(H,25,26,28). The second-order valence-electron chi connectivity index (χ2n) is 7.35. The monoisotopic (exact) mass is 371 g/mol. The Morgan fingerprint density at radius 1 is 1.18 bits per heavy atom. The van der Waals surface area contributed by atoms with Gasteiger partial charge < -0.3 is 9.97 Å². The number of benzene rings is 1. The van der Waals surface area contributed by atoms with Crippen molar-refractivity contribution in [3.63, 3.8) is 0 Å². The third kappa shape index (κ3) is 2.92. The molecule has 0 radical (unpaired) electrons. The highest BCUT2D eigenvalue weighted by atomic mass is 16.1. The first kappa shape index (κ1) is 16.9. The van der Waals surface area contributed by atoms with Gasteiger partial charge in [-0.3, -0.25) is 14.7 Å². The van der Waals surface area contributed by atoms with Gasteiger partial charge in [-0.25, -0.2) is 4.98 Å². The van der Waals surface area contributed by atoms with Crippen molar-refractivity contribution in [1.82, 2.24) is 24.8 Å². The Hall–Kier alpha value is -3.25. The number of pyridine rings is 1. The van der Waals surface area contributed by atoms with E-state index in [0.29, 0.717) is 12.4 Å². The quantitative estimate of drug-likeness (QED) is 0.580. The van der Waals surface area contributed by atoms with Gasteiger partial charge >= 0.3 is 0 Å². The number of hydrogen-bond acceptors (Lipinski definition) is 4. The Balaban J connectivity index is 1.42. The summed E-state index contributed by atoms with van der Waals surface area (Å²) in [5.41, 5.74) is 6.22. The summed E-state index contributed by atoms with van der Waals surface area (Å²) >= 11 is 0. The number of nitrogens with zero attached hydrogens (tertiary/aromatic N) is 3. The molecule has 0 fully saturated rings. The number of rotatable bonds is 3. The molecule has 0 atom stereocenters. The van der Waals surface area contributed by atoms with Crippen LogP contribution in [0.2, 0.25) is 0 Å². The molecule has 0 saturated heterocycles. The lowest BCUT2D eigenvalue weighted by molar-refractivity contribution is 0.242. The molecule has 1 aromatic carbocycles. The third-order valence-corrected chi connectivity index (χ3v) is 5.50. The van der Waals surface area contributed by atoms with Gasteiger partial charge in [0.2, 0.25) is 0 Å². The molecule has 0 spiro atoms. The highest BCUT2D eigenvalue weighted by Gasteiger charge is 2.22. The first-order valence-electron chi connectivity index (χ1n) is 9.49. The Morgan fingerprint density at radius 3 is 2.89 bits per heavy atom. The van der Waals surface area contributed by atoms with Crippen LogP contribution in [0.4, 0.5) is 0 Å². The minimum Gasteiger partial charge on any atom is -0.361 e. The van der Waals surface area contributed by atoms with E-state index in [-0.39, 0.29) is 5.56 Å². The molecular formula is C22H21N5O. The predicted octanol–water partition coefficient (Wildman–Crippen LogP) is 3.18. The zero-order valence-corrected chi connectivity index (χ0v) is 15.7. The summed E-state index contributed by atoms with van der Waals surface area (Å²) in [6.45, 7) is 4.43. The van der Waals surface area contributed by atoms with Crippen LogP contribution in [0, 0.1) is 6.92 Å². The predicted molar refractivity (Wildman–Crippen MR) is 109 cm³/mol. The molecule has 4 aromatic rings. The van der Waals surface area contributed by atoms with Crippen LogP contribution < -0.4 is 5.56 Å². The van der Waals surface area contributed by atoms with Gasteiger partial charge in [-0.2, -0.15) is 0 Å². The molecule has 0 unspecified atom stereocenters. The van der Waals surface area contributed by atoms with Crippen LogP contribution in [0.1, 0.15) is 22.4 Å². The van der Waals surface area contributed by atoms with E-state index >= 15 is 0 Å². The number of aryl methyl sites for hydroxylation is 1. The molecule has 5 rings (SSSR count). The molecule has 2 N–H and O–H groups in total. The second kappa shape index (κ2) is 6.73. The molecule has 6 heteroatoms. The summed E-state index contributed by atoms with van der Waals surface area (Å²) < 4.78 is 0. The van der Waals surface area contributed by atoms with Crippen molar-refractivity contribution < 1.29 is 0 Å². The lowest BCUT2D eigenvalue weighted by atomic mass is 10.0. The van der Waals surface area contributed by atoms with Crippen LogP contribution in [-0.4, -0.2) is 31.4 Å². The van der Waals surface area contributed by atoms with Crippen molar-refractivity contribution in [2.24, 2.45) is 0 Å². The molecule has 4 heterocycles. The summed E-state index contributed by atoms with van der Waals surface area (Å²) in [6.07, 6.45) is 6.28. The van der Waals surface area contributed by atoms with Crippen molar-refractivity contribution in [3.05, 3.63) is 81.7 Å². The minimum atomic E-state index is -0.0451. The Bertz CT molecular complexity index is 1210. The normalized spacial score (nSPS) is 14.3. The number of fused-ring (bicyclic) bond motifs is 2. The van der Waals surface area contributed by atoms with Crippen LogP contribution in [0.15, 0.2) is 53.7 Å². The zero-order chi connectivity index (χ0) is 19.1. The molecule has 0 bridgehead atoms. The number of nitrogens with one attached hydrogen (secondary N) is 2. The van der Waals surface area contributed by atoms with E-state index in [1.54, 1.807) is 12.4 Å². The fourth-order valence-corrected chi connectivity index (χ4v) is 4.00. The second-order valence-corrected chi connectivity index (χ2v) is 7.35. The molecule has 3 aromatic heterocycles. The molecule has 0 amide bonds. The summed E-state index contributed by atoms with van der Waals surface area (Å²) in [5, 5.41) is 1.26. The molecule has 6 nitrogen and oxygen atoms in total. The van der Waals surface area contributed by atoms with Gasteiger partial charge in [0.05, 0.1) is 11.3 Å². The molecule has 1 aliphatic heterocycles. The average molecular weight is 371 g/mol. The maximum Gasteiger partial charge on any atom is 0.255 e. The van der Waals surface area contributed by atoms with E-state index in [0.717, 1.165) is 36.3 Å². The first-order valence-corrected chi connectivity index (χ1v) is 9.49. The molecule has 1 aliphatic rings. The van der Waals surface area contributed by atoms with Crippen molar-refractivity contribution in [2.45, 2.75) is 26.4 Å². The fourth-order valence-electron chi connectivity index (χ4n) is 4.00. The molecule has 0 saturated carbocycles. The number of hydrogen-bond donors (Lipinski definition) is 2. The van der Waals surface area contributed by atoms with Gasteiger partial charge in [-0.15, -0.1) is 0 Å². The molecule has 28 heavy (non-hydrogen) atoms. The van der Waals surface area contributed by atoms with Gasteiger partial charge in [0.15, 0.2) is 0 Å². The fraction of sp³-hybridized carbons (Fsp3) is 0.227. The van der Waals surface area contributed by atoms with E-state index in [9.17, 15) is 4.79 Å². The molecular weight excluding hydrogens is 350 g/mol. The lowest BCUT2D eigenvalue weighted by Gasteiger charge is -2.27.